The lowest BCUT2D eigenvalue weighted by molar-refractivity contribution is -0.0405. The number of aromatic amines is 1. The summed E-state index contributed by atoms with van der Waals surface area (Å²) >= 11 is 6.60. The fourth-order valence-electron chi connectivity index (χ4n) is 4.39. The van der Waals surface area contributed by atoms with Crippen LogP contribution in [-0.2, 0) is 4.74 Å². The topological polar surface area (TPSA) is 62.8 Å². The molecule has 0 spiro atoms. The lowest BCUT2D eigenvalue weighted by Gasteiger charge is -2.31. The van der Waals surface area contributed by atoms with Gasteiger partial charge in [0.1, 0.15) is 16.9 Å². The van der Waals surface area contributed by atoms with Crippen LogP contribution in [0.5, 0.6) is 0 Å². The van der Waals surface area contributed by atoms with E-state index in [1.807, 2.05) is 36.4 Å². The van der Waals surface area contributed by atoms with E-state index in [1.54, 1.807) is 0 Å². The van der Waals surface area contributed by atoms with Gasteiger partial charge in [-0.25, -0.2) is 9.97 Å². The summed E-state index contributed by atoms with van der Waals surface area (Å²) in [5.41, 5.74) is 3.90. The molecule has 5 nitrogen and oxygen atoms in total. The molecule has 3 heterocycles. The van der Waals surface area contributed by atoms with Gasteiger partial charge in [-0.2, -0.15) is 0 Å². The minimum absolute atomic E-state index is 0.133. The summed E-state index contributed by atoms with van der Waals surface area (Å²) in [5.74, 6) is 0.780. The molecular formula is C26H27ClN4O. The van der Waals surface area contributed by atoms with Gasteiger partial charge < -0.3 is 15.0 Å². The molecule has 0 amide bonds. The summed E-state index contributed by atoms with van der Waals surface area (Å²) in [5, 5.41) is 4.68. The minimum atomic E-state index is -0.133. The molecule has 4 aromatic rings. The zero-order valence-electron chi connectivity index (χ0n) is 18.1. The summed E-state index contributed by atoms with van der Waals surface area (Å²) < 4.78 is 6.72. The van der Waals surface area contributed by atoms with E-state index in [1.165, 1.54) is 5.56 Å². The van der Waals surface area contributed by atoms with Crippen molar-refractivity contribution in [3.63, 3.8) is 0 Å². The number of fused-ring (bicyclic) bond motifs is 1. The van der Waals surface area contributed by atoms with Crippen LogP contribution in [-0.4, -0.2) is 34.1 Å². The predicted molar refractivity (Wildman–Crippen MR) is 129 cm³/mol. The number of ether oxygens (including phenoxy) is 1. The second-order valence-corrected chi connectivity index (χ2v) is 8.75. The molecule has 0 aliphatic carbocycles. The van der Waals surface area contributed by atoms with Crippen LogP contribution in [0, 0.1) is 0 Å². The number of H-pyrrole nitrogens is 1. The van der Waals surface area contributed by atoms with E-state index >= 15 is 0 Å². The number of benzene rings is 2. The number of aromatic nitrogens is 3. The van der Waals surface area contributed by atoms with Crippen molar-refractivity contribution in [2.75, 3.05) is 13.1 Å². The van der Waals surface area contributed by atoms with E-state index in [0.717, 1.165) is 48.2 Å². The first kappa shape index (κ1) is 21.1. The fourth-order valence-corrected chi connectivity index (χ4v) is 4.62. The maximum Gasteiger partial charge on any atom is 0.163 e. The van der Waals surface area contributed by atoms with Gasteiger partial charge in [0.25, 0.3) is 0 Å². The SMILES string of the molecule is CC(c1ccccc1)C(OC1CCNCC1)c1cc2c(Cl)nc(-c3ccccc3)nc2[nH]1. The molecule has 0 bridgehead atoms. The third-order valence-corrected chi connectivity index (χ3v) is 6.49. The average Bonchev–Trinajstić information content (AvgIpc) is 3.28. The minimum Gasteiger partial charge on any atom is -0.368 e. The Bertz CT molecular complexity index is 1170. The maximum atomic E-state index is 6.72. The highest BCUT2D eigenvalue weighted by Crippen LogP contribution is 2.37. The molecule has 164 valence electrons. The third-order valence-electron chi connectivity index (χ3n) is 6.20. The molecule has 1 aliphatic rings. The van der Waals surface area contributed by atoms with E-state index < -0.39 is 0 Å². The largest absolute Gasteiger partial charge is 0.368 e. The van der Waals surface area contributed by atoms with Crippen LogP contribution < -0.4 is 5.32 Å². The van der Waals surface area contributed by atoms with Gasteiger partial charge in [-0.15, -0.1) is 0 Å². The summed E-state index contributed by atoms with van der Waals surface area (Å²) in [6, 6.07) is 22.5. The van der Waals surface area contributed by atoms with E-state index in [2.05, 4.69) is 52.5 Å². The summed E-state index contributed by atoms with van der Waals surface area (Å²) in [6.45, 7) is 4.19. The Morgan fingerprint density at radius 2 is 1.66 bits per heavy atom. The van der Waals surface area contributed by atoms with Crippen molar-refractivity contribution in [2.24, 2.45) is 0 Å². The standard InChI is InChI=1S/C26H27ClN4O/c1-17(18-8-4-2-5-9-18)23(32-20-12-14-28-15-13-20)22-16-21-24(27)30-25(31-26(21)29-22)19-10-6-3-7-11-19/h2-11,16-17,20,23,28H,12-15H2,1H3,(H,29,30,31). The number of piperidine rings is 1. The number of nitrogens with zero attached hydrogens (tertiary/aromatic N) is 2. The van der Waals surface area contributed by atoms with Crippen molar-refractivity contribution in [2.45, 2.75) is 37.9 Å². The molecule has 5 rings (SSSR count). The zero-order valence-corrected chi connectivity index (χ0v) is 18.8. The lowest BCUT2D eigenvalue weighted by atomic mass is 9.93. The van der Waals surface area contributed by atoms with Crippen LogP contribution >= 0.6 is 11.6 Å². The van der Waals surface area contributed by atoms with Crippen molar-refractivity contribution in [1.29, 1.82) is 0 Å². The number of nitrogens with one attached hydrogen (secondary N) is 2. The van der Waals surface area contributed by atoms with Gasteiger partial charge in [0, 0.05) is 17.2 Å². The van der Waals surface area contributed by atoms with Crippen molar-refractivity contribution in [3.8, 4) is 11.4 Å². The van der Waals surface area contributed by atoms with Crippen molar-refractivity contribution in [1.82, 2.24) is 20.3 Å². The first-order valence-corrected chi connectivity index (χ1v) is 11.6. The maximum absolute atomic E-state index is 6.72. The molecule has 2 aromatic heterocycles. The van der Waals surface area contributed by atoms with Crippen LogP contribution in [0.4, 0.5) is 0 Å². The van der Waals surface area contributed by atoms with Gasteiger partial charge in [-0.05, 0) is 37.6 Å². The van der Waals surface area contributed by atoms with Gasteiger partial charge >= 0.3 is 0 Å². The normalized spacial score (nSPS) is 16.8. The molecule has 2 unspecified atom stereocenters. The molecule has 32 heavy (non-hydrogen) atoms. The average molecular weight is 447 g/mol. The second-order valence-electron chi connectivity index (χ2n) is 8.40. The third kappa shape index (κ3) is 4.42. The highest BCUT2D eigenvalue weighted by molar-refractivity contribution is 6.34. The van der Waals surface area contributed by atoms with E-state index in [9.17, 15) is 0 Å². The number of hydrogen-bond acceptors (Lipinski definition) is 4. The van der Waals surface area contributed by atoms with Gasteiger partial charge in [0.05, 0.1) is 11.5 Å². The molecule has 0 saturated carbocycles. The van der Waals surface area contributed by atoms with Gasteiger partial charge in [0.15, 0.2) is 5.82 Å². The van der Waals surface area contributed by atoms with Crippen molar-refractivity contribution in [3.05, 3.63) is 83.1 Å². The zero-order chi connectivity index (χ0) is 21.9. The van der Waals surface area contributed by atoms with Crippen LogP contribution in [0.3, 0.4) is 0 Å². The van der Waals surface area contributed by atoms with Gasteiger partial charge in [-0.1, -0.05) is 79.2 Å². The van der Waals surface area contributed by atoms with Gasteiger partial charge in [-0.3, -0.25) is 0 Å². The molecule has 6 heteroatoms. The molecule has 1 aliphatic heterocycles. The van der Waals surface area contributed by atoms with Crippen LogP contribution in [0.25, 0.3) is 22.4 Å². The predicted octanol–water partition coefficient (Wildman–Crippen LogP) is 5.89. The Kier molecular flexibility index (Phi) is 6.21. The molecular weight excluding hydrogens is 420 g/mol. The number of halogens is 1. The van der Waals surface area contributed by atoms with Gasteiger partial charge in [0.2, 0.25) is 0 Å². The Balaban J connectivity index is 1.53. The summed E-state index contributed by atoms with van der Waals surface area (Å²) in [6.07, 6.45) is 2.11. The van der Waals surface area contributed by atoms with Crippen LogP contribution in [0.2, 0.25) is 5.15 Å². The highest BCUT2D eigenvalue weighted by atomic mass is 35.5. The number of hydrogen-bond donors (Lipinski definition) is 2. The number of rotatable bonds is 6. The quantitative estimate of drug-likeness (QED) is 0.362. The van der Waals surface area contributed by atoms with Crippen molar-refractivity contribution >= 4 is 22.6 Å². The molecule has 2 aromatic carbocycles. The van der Waals surface area contributed by atoms with Crippen molar-refractivity contribution < 1.29 is 4.74 Å². The Morgan fingerprint density at radius 1 is 0.969 bits per heavy atom. The summed E-state index contributed by atoms with van der Waals surface area (Å²) in [7, 11) is 0. The Labute approximate surface area is 193 Å². The molecule has 2 N–H and O–H groups in total. The van der Waals surface area contributed by atoms with E-state index in [4.69, 9.17) is 21.3 Å². The molecule has 2 atom stereocenters. The Morgan fingerprint density at radius 3 is 2.38 bits per heavy atom. The monoisotopic (exact) mass is 446 g/mol. The van der Waals surface area contributed by atoms with Crippen LogP contribution in [0.15, 0.2) is 66.7 Å². The fraction of sp³-hybridized carbons (Fsp3) is 0.308. The molecule has 1 saturated heterocycles. The summed E-state index contributed by atoms with van der Waals surface area (Å²) in [4.78, 5) is 12.8. The Hall–Kier alpha value is -2.73. The molecule has 0 radical (unpaired) electrons. The highest BCUT2D eigenvalue weighted by Gasteiger charge is 2.28. The van der Waals surface area contributed by atoms with E-state index in [-0.39, 0.29) is 18.1 Å². The first-order chi connectivity index (χ1) is 15.7. The van der Waals surface area contributed by atoms with E-state index in [0.29, 0.717) is 11.0 Å². The smallest absolute Gasteiger partial charge is 0.163 e. The molecule has 1 fully saturated rings. The lowest BCUT2D eigenvalue weighted by Crippen LogP contribution is -2.34. The van der Waals surface area contributed by atoms with Crippen LogP contribution in [0.1, 0.15) is 43.0 Å². The first-order valence-electron chi connectivity index (χ1n) is 11.2. The second kappa shape index (κ2) is 9.41.